The van der Waals surface area contributed by atoms with Crippen molar-refractivity contribution in [3.05, 3.63) is 59.7 Å². The van der Waals surface area contributed by atoms with Crippen LogP contribution in [0.15, 0.2) is 48.5 Å². The highest BCUT2D eigenvalue weighted by Gasteiger charge is 2.02. The molecule has 3 rings (SSSR count). The van der Waals surface area contributed by atoms with Crippen LogP contribution in [0.2, 0.25) is 0 Å². The lowest BCUT2D eigenvalue weighted by Crippen LogP contribution is -1.86. The molecule has 0 aliphatic heterocycles. The van der Waals surface area contributed by atoms with Gasteiger partial charge in [0.15, 0.2) is 0 Å². The Kier molecular flexibility index (Phi) is 2.74. The minimum atomic E-state index is 0.0566. The predicted molar refractivity (Wildman–Crippen MR) is 73.3 cm³/mol. The summed E-state index contributed by atoms with van der Waals surface area (Å²) in [6.07, 6.45) is 0. The highest BCUT2D eigenvalue weighted by atomic mass is 16.3. The fourth-order valence-corrected chi connectivity index (χ4v) is 2.35. The highest BCUT2D eigenvalue weighted by Crippen LogP contribution is 2.27. The molecule has 0 heterocycles. The summed E-state index contributed by atoms with van der Waals surface area (Å²) in [7, 11) is 0. The Hall–Kier alpha value is -1.90. The number of hydrogen-bond donors (Lipinski definition) is 2. The van der Waals surface area contributed by atoms with Crippen molar-refractivity contribution >= 4 is 21.5 Å². The van der Waals surface area contributed by atoms with Crippen LogP contribution in [0.5, 0.6) is 0 Å². The van der Waals surface area contributed by atoms with E-state index < -0.39 is 0 Å². The van der Waals surface area contributed by atoms with Crippen LogP contribution in [0.25, 0.3) is 21.5 Å². The van der Waals surface area contributed by atoms with E-state index in [2.05, 4.69) is 12.1 Å². The average molecular weight is 238 g/mol. The van der Waals surface area contributed by atoms with Gasteiger partial charge in [-0.05, 0) is 44.8 Å². The molecular formula is C16H14O2. The Morgan fingerprint density at radius 2 is 1.22 bits per heavy atom. The molecule has 0 radical (unpaired) electrons. The first-order valence-corrected chi connectivity index (χ1v) is 5.98. The van der Waals surface area contributed by atoms with E-state index in [9.17, 15) is 5.11 Å². The third kappa shape index (κ3) is 1.76. The van der Waals surface area contributed by atoms with E-state index in [1.807, 2.05) is 36.4 Å². The second kappa shape index (κ2) is 4.41. The average Bonchev–Trinajstić information content (AvgIpc) is 2.45. The molecule has 0 bridgehead atoms. The minimum Gasteiger partial charge on any atom is -0.392 e. The molecule has 0 saturated heterocycles. The zero-order chi connectivity index (χ0) is 12.5. The van der Waals surface area contributed by atoms with Gasteiger partial charge in [-0.15, -0.1) is 0 Å². The number of aliphatic hydroxyl groups excluding tert-OH is 2. The van der Waals surface area contributed by atoms with E-state index in [1.165, 1.54) is 0 Å². The van der Waals surface area contributed by atoms with Gasteiger partial charge in [-0.25, -0.2) is 0 Å². The molecule has 0 amide bonds. The van der Waals surface area contributed by atoms with Crippen molar-refractivity contribution in [1.29, 1.82) is 0 Å². The maximum atomic E-state index is 9.22. The van der Waals surface area contributed by atoms with Gasteiger partial charge in [0.25, 0.3) is 0 Å². The predicted octanol–water partition coefficient (Wildman–Crippen LogP) is 2.98. The topological polar surface area (TPSA) is 40.5 Å². The van der Waals surface area contributed by atoms with Crippen molar-refractivity contribution in [2.75, 3.05) is 0 Å². The summed E-state index contributed by atoms with van der Waals surface area (Å²) in [5.41, 5.74) is 1.83. The molecule has 90 valence electrons. The van der Waals surface area contributed by atoms with Crippen LogP contribution >= 0.6 is 0 Å². The molecule has 0 atom stereocenters. The van der Waals surface area contributed by atoms with Crippen molar-refractivity contribution in [2.45, 2.75) is 13.2 Å². The summed E-state index contributed by atoms with van der Waals surface area (Å²) in [6.45, 7) is 0.117. The summed E-state index contributed by atoms with van der Waals surface area (Å²) in [4.78, 5) is 0. The van der Waals surface area contributed by atoms with Gasteiger partial charge < -0.3 is 10.2 Å². The largest absolute Gasteiger partial charge is 0.392 e. The van der Waals surface area contributed by atoms with Crippen LogP contribution in [-0.2, 0) is 13.2 Å². The third-order valence-corrected chi connectivity index (χ3v) is 3.33. The van der Waals surface area contributed by atoms with Crippen molar-refractivity contribution in [3.63, 3.8) is 0 Å². The second-order valence-corrected chi connectivity index (χ2v) is 4.49. The zero-order valence-corrected chi connectivity index (χ0v) is 9.93. The van der Waals surface area contributed by atoms with Crippen LogP contribution in [0.3, 0.4) is 0 Å². The molecule has 0 fully saturated rings. The summed E-state index contributed by atoms with van der Waals surface area (Å²) >= 11 is 0. The van der Waals surface area contributed by atoms with Crippen molar-refractivity contribution in [2.24, 2.45) is 0 Å². The van der Waals surface area contributed by atoms with Crippen molar-refractivity contribution < 1.29 is 10.2 Å². The van der Waals surface area contributed by atoms with E-state index in [0.717, 1.165) is 32.7 Å². The first-order valence-electron chi connectivity index (χ1n) is 5.98. The van der Waals surface area contributed by atoms with Gasteiger partial charge in [0, 0.05) is 0 Å². The summed E-state index contributed by atoms with van der Waals surface area (Å²) in [6, 6.07) is 16.1. The minimum absolute atomic E-state index is 0.0566. The fourth-order valence-electron chi connectivity index (χ4n) is 2.35. The molecule has 3 aromatic rings. The lowest BCUT2D eigenvalue weighted by Gasteiger charge is -2.07. The highest BCUT2D eigenvalue weighted by molar-refractivity contribution is 6.07. The van der Waals surface area contributed by atoms with Gasteiger partial charge in [-0.2, -0.15) is 0 Å². The number of hydrogen-bond acceptors (Lipinski definition) is 2. The van der Waals surface area contributed by atoms with E-state index in [1.54, 1.807) is 0 Å². The zero-order valence-electron chi connectivity index (χ0n) is 9.93. The lowest BCUT2D eigenvalue weighted by molar-refractivity contribution is 0.282. The van der Waals surface area contributed by atoms with Gasteiger partial charge in [-0.1, -0.05) is 36.4 Å². The van der Waals surface area contributed by atoms with Crippen LogP contribution in [-0.4, -0.2) is 10.2 Å². The number of rotatable bonds is 2. The van der Waals surface area contributed by atoms with Crippen molar-refractivity contribution in [3.8, 4) is 0 Å². The molecule has 0 aliphatic carbocycles. The fraction of sp³-hybridized carbons (Fsp3) is 0.125. The molecule has 18 heavy (non-hydrogen) atoms. The SMILES string of the molecule is OCc1ccc2c(ccc3ccc(CO)cc32)c1. The molecule has 0 aromatic heterocycles. The van der Waals surface area contributed by atoms with E-state index in [0.29, 0.717) is 0 Å². The molecule has 0 saturated carbocycles. The van der Waals surface area contributed by atoms with Crippen LogP contribution in [0.1, 0.15) is 11.1 Å². The molecule has 2 nitrogen and oxygen atoms in total. The smallest absolute Gasteiger partial charge is 0.0682 e. The molecular weight excluding hydrogens is 224 g/mol. The molecule has 3 aromatic carbocycles. The van der Waals surface area contributed by atoms with E-state index in [-0.39, 0.29) is 13.2 Å². The van der Waals surface area contributed by atoms with Crippen LogP contribution < -0.4 is 0 Å². The van der Waals surface area contributed by atoms with Gasteiger partial charge >= 0.3 is 0 Å². The van der Waals surface area contributed by atoms with Crippen LogP contribution in [0.4, 0.5) is 0 Å². The van der Waals surface area contributed by atoms with E-state index >= 15 is 0 Å². The standard InChI is InChI=1S/C16H14O2/c17-9-11-2-6-15-14(7-11)5-4-13-3-1-12(10-18)8-16(13)15/h1-8,17-18H,9-10H2. The first kappa shape index (κ1) is 11.2. The number of aliphatic hydroxyl groups is 2. The molecule has 2 heteroatoms. The number of benzene rings is 3. The van der Waals surface area contributed by atoms with Gasteiger partial charge in [0.05, 0.1) is 13.2 Å². The quantitative estimate of drug-likeness (QED) is 0.674. The normalized spacial score (nSPS) is 11.2. The Labute approximate surface area is 105 Å². The molecule has 2 N–H and O–H groups in total. The first-order chi connectivity index (χ1) is 8.81. The van der Waals surface area contributed by atoms with Crippen LogP contribution in [0, 0.1) is 0 Å². The third-order valence-electron chi connectivity index (χ3n) is 3.33. The van der Waals surface area contributed by atoms with Crippen molar-refractivity contribution in [1.82, 2.24) is 0 Å². The van der Waals surface area contributed by atoms with Gasteiger partial charge in [0.2, 0.25) is 0 Å². The number of fused-ring (bicyclic) bond motifs is 3. The summed E-state index contributed by atoms with van der Waals surface area (Å²) < 4.78 is 0. The van der Waals surface area contributed by atoms with Gasteiger partial charge in [-0.3, -0.25) is 0 Å². The summed E-state index contributed by atoms with van der Waals surface area (Å²) in [5.74, 6) is 0. The molecule has 0 spiro atoms. The Balaban J connectivity index is 2.36. The Morgan fingerprint density at radius 3 is 2.00 bits per heavy atom. The molecule has 0 aliphatic rings. The van der Waals surface area contributed by atoms with Gasteiger partial charge in [0.1, 0.15) is 0 Å². The summed E-state index contributed by atoms with van der Waals surface area (Å²) in [5, 5.41) is 23.0. The lowest BCUT2D eigenvalue weighted by atomic mass is 9.99. The maximum absolute atomic E-state index is 9.22. The Bertz CT molecular complexity index is 717. The monoisotopic (exact) mass is 238 g/mol. The maximum Gasteiger partial charge on any atom is 0.0682 e. The Morgan fingerprint density at radius 1 is 0.611 bits per heavy atom. The second-order valence-electron chi connectivity index (χ2n) is 4.49. The van der Waals surface area contributed by atoms with E-state index in [4.69, 9.17) is 5.11 Å². The molecule has 0 unspecified atom stereocenters.